The van der Waals surface area contributed by atoms with Crippen molar-refractivity contribution in [2.75, 3.05) is 11.5 Å². The fourth-order valence-electron chi connectivity index (χ4n) is 4.74. The zero-order chi connectivity index (χ0) is 92.8. The van der Waals surface area contributed by atoms with Crippen LogP contribution in [0.1, 0.15) is 24.1 Å². The minimum absolute atomic E-state index is 0. The smallest absolute Gasteiger partial charge is 0.174 e. The van der Waals surface area contributed by atoms with Crippen LogP contribution < -0.4 is 11.5 Å². The molecule has 4 aromatic carbocycles. The Labute approximate surface area is 1180 Å². The van der Waals surface area contributed by atoms with Crippen LogP contribution in [0.2, 0.25) is 0 Å². The van der Waals surface area contributed by atoms with Crippen LogP contribution in [0.15, 0.2) is 107 Å². The third-order valence-corrected chi connectivity index (χ3v) is 5130. The summed E-state index contributed by atoms with van der Waals surface area (Å²) < 4.78 is 46.6. The molecule has 4 N–H and O–H groups in total. The van der Waals surface area contributed by atoms with Crippen molar-refractivity contribution in [2.45, 2.75) is 7.43 Å². The predicted molar refractivity (Wildman–Crippen MR) is 1160 cm³/mol. The van der Waals surface area contributed by atoms with Gasteiger partial charge in [0.2, 0.25) is 0 Å². The molecule has 0 radical (unpaired) electrons. The summed E-state index contributed by atoms with van der Waals surface area (Å²) in [6.45, 7) is 0. The van der Waals surface area contributed by atoms with Crippen molar-refractivity contribution in [1.82, 2.24) is 35.1 Å². The topological polar surface area (TPSA) is 260 Å². The van der Waals surface area contributed by atoms with Gasteiger partial charge in [0.25, 0.3) is 0 Å². The fourth-order valence-corrected chi connectivity index (χ4v) is 12200. The average Bonchev–Trinajstić information content (AvgIpc) is 1.47. The molecule has 0 fully saturated rings. The summed E-state index contributed by atoms with van der Waals surface area (Å²) >= 11 is 118. The van der Waals surface area contributed by atoms with Crippen LogP contribution in [-0.4, -0.2) is 35.1 Å². The predicted octanol–water partition coefficient (Wildman–Crippen LogP) is 68.8. The largest absolute Gasteiger partial charge is 0.399 e. The molecule has 7 rings (SSSR count). The van der Waals surface area contributed by atoms with Crippen LogP contribution in [0.5, 0.6) is 0 Å². The first kappa shape index (κ1) is 163. The zero-order valence-corrected chi connectivity index (χ0v) is 203. The number of benzene rings is 4. The van der Waals surface area contributed by atoms with Gasteiger partial charge in [0.15, 0.2) is 11.4 Å². The first-order valence-corrected chi connectivity index (χ1v) is 451. The Morgan fingerprint density at radius 3 is 0.828 bits per heavy atom. The van der Waals surface area contributed by atoms with Gasteiger partial charge in [-0.1, -0.05) is 34.2 Å². The maximum absolute atomic E-state index is 13.2. The number of nitrogens with two attached hydrogens (primary N) is 2. The molecular weight excluding hydrogens is 9560 g/mol. The minimum atomic E-state index is -0.678. The van der Waals surface area contributed by atoms with Gasteiger partial charge < -0.3 is 16.0 Å². The van der Waals surface area contributed by atoms with E-state index >= 15 is 0 Å². The van der Waals surface area contributed by atoms with Gasteiger partial charge in [0, 0.05) is 28.4 Å². The number of aromatic nitrogens is 7. The standard InChI is InChI=1S/C9H5FN4.C9H7N5O.C7H3FN4.C7H5FN2.CH4.I36.I34/c10-9-5-8(2-1-7(9)6-11)14-4-3-12-13-14;10-9-7-2-1-6(5-8(7)15-12-9)14-4-3-11-13-14;8-7-3-6(11-12-10)2-1-5(7)4-9;8-7-3-6(10)2-1-5(7)4-9;;1-20(2)22(5)24(7)26(9)28(11)30(13)32(15)34(17)36(19)35(18)33(16)31(14)29(12)27(10)25(8)23(6)21(3)4;1-19(2)21(5)23(7)25(9)27(11)29(13)31(15)33(17)34(18)32(16)30(14)28(12)26(10)24(8)22(6)20(3)4/h1-5H;1-5H,(H2,10,12);1-3H;1-3H,10H2;1H4;;. The van der Waals surface area contributed by atoms with Crippen LogP contribution in [0, 0.1) is 51.4 Å². The second-order valence-electron chi connectivity index (χ2n) is 14.9. The number of nitrogens with zero attached hydrogens (tertiary/aromatic N) is 13. The Hall–Kier alpha value is 42.9. The SMILES string of the molecule is C.II(I)I(I)I(I)I(I)I(I)I(I)I(I)I(I)I(I)I(I)I(I)I(I)I(I)I(I)I(I)I(I)I.II(I)I(I)I(I)I(I)I(I)I(I)I(I)I(I)I(I)I(I)I(I)I(I)I(I)I(I)I(I)I(I)I(I)I.N#Cc1ccc(-n2ccnn2)cc1F.N#Cc1ccc(N)cc1F.N#Cc1ccc(N=[N+]=[N-])cc1F.Nc1noc2cc(-n3ccnn3)ccc12. The van der Waals surface area contributed by atoms with Gasteiger partial charge in [-0.3, -0.25) is 0 Å². The van der Waals surface area contributed by atoms with E-state index in [2.05, 4.69) is 725 Å². The Morgan fingerprint density at radius 2 is 0.590 bits per heavy atom. The molecule has 0 saturated heterocycles. The molecule has 0 spiro atoms. The molecule has 0 unspecified atom stereocenters. The molecule has 0 aliphatic heterocycles. The Kier molecular flexibility index (Phi) is 127. The Morgan fingerprint density at radius 1 is 0.344 bits per heavy atom. The summed E-state index contributed by atoms with van der Waals surface area (Å²) in [6.07, 6.45) is 6.46. The van der Waals surface area contributed by atoms with Crippen molar-refractivity contribution in [3.05, 3.63) is 142 Å². The number of hydrogen-bond donors (Lipinski definition) is 2. The number of nitrogen functional groups attached to an aromatic ring is 2. The molecule has 7 aromatic rings. The van der Waals surface area contributed by atoms with Crippen molar-refractivity contribution in [2.24, 2.45) is 5.11 Å². The summed E-state index contributed by atoms with van der Waals surface area (Å²) in [7, 11) is -16.0. The van der Waals surface area contributed by atoms with Crippen molar-refractivity contribution in [1.29, 1.82) is 15.8 Å². The summed E-state index contributed by atoms with van der Waals surface area (Å²) in [5.41, 5.74) is 21.4. The zero-order valence-electron chi connectivity index (χ0n) is 52.2. The first-order valence-electron chi connectivity index (χ1n) is 23.7. The molecule has 748 valence electrons. The molecule has 89 heteroatoms. The van der Waals surface area contributed by atoms with Gasteiger partial charge in [-0.25, -0.2) is 22.5 Å². The molecular formula is C33H24F3I70N15O. The number of hydrogen-bond acceptors (Lipinski definition) is 12. The van der Waals surface area contributed by atoms with Gasteiger partial charge in [0.05, 0.1) is 58.2 Å². The summed E-state index contributed by atoms with van der Waals surface area (Å²) in [6, 6.07) is 22.5. The van der Waals surface area contributed by atoms with Crippen molar-refractivity contribution in [3.8, 4) is 29.6 Å². The number of halogens is 73. The normalized spacial score (nSPS) is 14.6. The molecule has 3 heterocycles. The maximum atomic E-state index is 13.2. The average molecular weight is 9590 g/mol. The molecule has 0 amide bonds. The van der Waals surface area contributed by atoms with Crippen molar-refractivity contribution < 1.29 is 17.7 Å². The molecule has 0 atom stereocenters. The van der Waals surface area contributed by atoms with Crippen molar-refractivity contribution >= 4 is 977 Å². The molecule has 0 saturated carbocycles. The molecule has 3 aromatic heterocycles. The number of anilines is 2. The molecule has 16 nitrogen and oxygen atoms in total. The minimum Gasteiger partial charge on any atom is -0.399 e. The number of azide groups is 1. The third-order valence-electron chi connectivity index (χ3n) is 8.81. The Balaban J connectivity index is 0.000000780. The van der Waals surface area contributed by atoms with E-state index in [4.69, 9.17) is 37.3 Å². The molecule has 0 aliphatic carbocycles. The number of rotatable bonds is 34. The summed E-state index contributed by atoms with van der Waals surface area (Å²) in [5.74, 6) is -1.40. The first-order chi connectivity index (χ1) is 56.4. The van der Waals surface area contributed by atoms with Gasteiger partial charge >= 0.3 is 949 Å². The van der Waals surface area contributed by atoms with Gasteiger partial charge in [-0.2, -0.15) is 15.8 Å². The number of nitriles is 3. The third kappa shape index (κ3) is 63.7. The van der Waals surface area contributed by atoms with E-state index in [0.29, 0.717) is 22.8 Å². The second-order valence-corrected chi connectivity index (χ2v) is 1620. The quantitative estimate of drug-likeness (QED) is 0.0126. The van der Waals surface area contributed by atoms with E-state index in [0.717, 1.165) is 23.2 Å². The van der Waals surface area contributed by atoms with Gasteiger partial charge in [0.1, 0.15) is 35.7 Å². The molecule has 0 bridgehead atoms. The van der Waals surface area contributed by atoms with E-state index in [-0.39, 0.29) is 29.8 Å². The molecule has 0 aliphatic rings. The van der Waals surface area contributed by atoms with Crippen LogP contribution in [0.25, 0.3) is 32.8 Å². The number of fused-ring (bicyclic) bond motifs is 1. The Bertz CT molecular complexity index is 4280. The van der Waals surface area contributed by atoms with Crippen LogP contribution in [0.3, 0.4) is 0 Å². The fraction of sp³-hybridized carbons (Fsp3) is 0.0303. The maximum Gasteiger partial charge on any atom is 0.174 e. The van der Waals surface area contributed by atoms with E-state index in [1.807, 2.05) is 18.2 Å². The van der Waals surface area contributed by atoms with Gasteiger partial charge in [-0.15, -0.1) is 10.2 Å². The summed E-state index contributed by atoms with van der Waals surface area (Å²) in [4.78, 5) is 2.48. The van der Waals surface area contributed by atoms with E-state index in [1.54, 1.807) is 47.5 Å². The van der Waals surface area contributed by atoms with Crippen molar-refractivity contribution in [3.63, 3.8) is 0 Å². The van der Waals surface area contributed by atoms with Crippen LogP contribution >= 0.6 is 949 Å². The summed E-state index contributed by atoms with van der Waals surface area (Å²) in [5, 5.41) is 47.7. The van der Waals surface area contributed by atoms with Gasteiger partial charge in [-0.05, 0) is 60.1 Å². The van der Waals surface area contributed by atoms with E-state index in [9.17, 15) is 13.2 Å². The molecule has 122 heavy (non-hydrogen) atoms. The van der Waals surface area contributed by atoms with E-state index in [1.165, 1.54) is 47.3 Å². The van der Waals surface area contributed by atoms with Crippen LogP contribution in [-0.2, 0) is 0 Å². The second kappa shape index (κ2) is 95.1. The van der Waals surface area contributed by atoms with Crippen LogP contribution in [0.4, 0.5) is 30.4 Å². The monoisotopic (exact) mass is 9590 g/mol. The van der Waals surface area contributed by atoms with E-state index < -0.39 is 278 Å².